The third kappa shape index (κ3) is 4.35. The van der Waals surface area contributed by atoms with E-state index >= 15 is 0 Å². The quantitative estimate of drug-likeness (QED) is 0.574. The Bertz CT molecular complexity index is 1100. The molecule has 0 saturated heterocycles. The fourth-order valence-corrected chi connectivity index (χ4v) is 3.39. The predicted molar refractivity (Wildman–Crippen MR) is 112 cm³/mol. The lowest BCUT2D eigenvalue weighted by Crippen LogP contribution is -2.34. The second kappa shape index (κ2) is 8.82. The number of nitrogens with one attached hydrogen (secondary N) is 2. The Kier molecular flexibility index (Phi) is 6.21. The van der Waals surface area contributed by atoms with Crippen LogP contribution in [0.2, 0.25) is 0 Å². The first kappa shape index (κ1) is 21.1. The van der Waals surface area contributed by atoms with Crippen LogP contribution in [0.3, 0.4) is 0 Å². The lowest BCUT2D eigenvalue weighted by molar-refractivity contribution is -0.0497. The molecule has 1 heterocycles. The second-order valence-corrected chi connectivity index (χ2v) is 6.97. The van der Waals surface area contributed by atoms with Crippen LogP contribution in [0, 0.1) is 11.3 Å². The molecule has 0 aliphatic carbocycles. The van der Waals surface area contributed by atoms with Crippen LogP contribution in [0.5, 0.6) is 5.75 Å². The van der Waals surface area contributed by atoms with Gasteiger partial charge in [-0.1, -0.05) is 12.1 Å². The first-order valence-electron chi connectivity index (χ1n) is 9.53. The van der Waals surface area contributed by atoms with E-state index < -0.39 is 6.61 Å². The van der Waals surface area contributed by atoms with E-state index in [9.17, 15) is 18.8 Å². The Labute approximate surface area is 173 Å². The van der Waals surface area contributed by atoms with Crippen molar-refractivity contribution in [3.63, 3.8) is 0 Å². The molecule has 0 aliphatic heterocycles. The van der Waals surface area contributed by atoms with E-state index in [1.54, 1.807) is 18.2 Å². The molecule has 0 aliphatic rings. The Morgan fingerprint density at radius 3 is 2.47 bits per heavy atom. The zero-order valence-corrected chi connectivity index (χ0v) is 16.9. The Morgan fingerprint density at radius 1 is 1.20 bits per heavy atom. The van der Waals surface area contributed by atoms with Crippen LogP contribution < -0.4 is 15.4 Å². The zero-order chi connectivity index (χ0) is 21.8. The summed E-state index contributed by atoms with van der Waals surface area (Å²) >= 11 is 0. The molecule has 0 saturated carbocycles. The maximum atomic E-state index is 12.6. The van der Waals surface area contributed by atoms with Crippen LogP contribution in [-0.2, 0) is 6.54 Å². The summed E-state index contributed by atoms with van der Waals surface area (Å²) in [6.07, 6.45) is 0. The van der Waals surface area contributed by atoms with Gasteiger partial charge in [-0.05, 0) is 50.6 Å². The SMILES string of the molecule is CCn1c(-c2ccc(NC(=O)NC(C)C)cc2)c(C#N)c2ccc(OC(F)F)cc21. The summed E-state index contributed by atoms with van der Waals surface area (Å²) in [5.41, 5.74) is 3.16. The average molecular weight is 412 g/mol. The number of carbonyl (C=O) groups excluding carboxylic acids is 1. The van der Waals surface area contributed by atoms with Crippen molar-refractivity contribution in [3.8, 4) is 23.1 Å². The molecule has 0 spiro atoms. The van der Waals surface area contributed by atoms with Gasteiger partial charge in [0.05, 0.1) is 16.8 Å². The smallest absolute Gasteiger partial charge is 0.387 e. The van der Waals surface area contributed by atoms with Gasteiger partial charge in [0.15, 0.2) is 0 Å². The number of benzene rings is 2. The van der Waals surface area contributed by atoms with Gasteiger partial charge in [-0.15, -0.1) is 0 Å². The van der Waals surface area contributed by atoms with Crippen molar-refractivity contribution in [1.29, 1.82) is 5.26 Å². The van der Waals surface area contributed by atoms with Crippen molar-refractivity contribution in [2.45, 2.75) is 40.0 Å². The summed E-state index contributed by atoms with van der Waals surface area (Å²) < 4.78 is 31.6. The summed E-state index contributed by atoms with van der Waals surface area (Å²) in [5, 5.41) is 15.9. The van der Waals surface area contributed by atoms with Gasteiger partial charge < -0.3 is 19.9 Å². The highest BCUT2D eigenvalue weighted by Gasteiger charge is 2.19. The minimum Gasteiger partial charge on any atom is -0.435 e. The fourth-order valence-electron chi connectivity index (χ4n) is 3.39. The zero-order valence-electron chi connectivity index (χ0n) is 16.9. The first-order valence-corrected chi connectivity index (χ1v) is 9.53. The van der Waals surface area contributed by atoms with Gasteiger partial charge >= 0.3 is 12.6 Å². The third-order valence-corrected chi connectivity index (χ3v) is 4.53. The molecule has 2 amide bonds. The van der Waals surface area contributed by atoms with Gasteiger partial charge in [-0.3, -0.25) is 0 Å². The number of rotatable bonds is 6. The number of aromatic nitrogens is 1. The van der Waals surface area contributed by atoms with Crippen molar-refractivity contribution in [1.82, 2.24) is 9.88 Å². The Hall–Kier alpha value is -3.60. The Morgan fingerprint density at radius 2 is 1.90 bits per heavy atom. The van der Waals surface area contributed by atoms with Gasteiger partial charge in [-0.25, -0.2) is 4.79 Å². The number of anilines is 1. The molecule has 8 heteroatoms. The molecule has 3 rings (SSSR count). The topological polar surface area (TPSA) is 79.1 Å². The van der Waals surface area contributed by atoms with E-state index in [1.165, 1.54) is 12.1 Å². The highest BCUT2D eigenvalue weighted by atomic mass is 19.3. The van der Waals surface area contributed by atoms with E-state index in [4.69, 9.17) is 0 Å². The molecule has 0 radical (unpaired) electrons. The highest BCUT2D eigenvalue weighted by molar-refractivity contribution is 5.96. The molecule has 3 aromatic rings. The molecule has 1 aromatic heterocycles. The van der Waals surface area contributed by atoms with Crippen molar-refractivity contribution in [3.05, 3.63) is 48.0 Å². The van der Waals surface area contributed by atoms with Crippen LogP contribution in [-0.4, -0.2) is 23.3 Å². The van der Waals surface area contributed by atoms with E-state index in [0.29, 0.717) is 34.4 Å². The molecule has 30 heavy (non-hydrogen) atoms. The molecular weight excluding hydrogens is 390 g/mol. The molecule has 0 fully saturated rings. The summed E-state index contributed by atoms with van der Waals surface area (Å²) in [5.74, 6) is 0.0384. The van der Waals surface area contributed by atoms with Crippen LogP contribution >= 0.6 is 0 Å². The number of amides is 2. The van der Waals surface area contributed by atoms with E-state index in [0.717, 1.165) is 5.56 Å². The summed E-state index contributed by atoms with van der Waals surface area (Å²) in [7, 11) is 0. The summed E-state index contributed by atoms with van der Waals surface area (Å²) in [6, 6.07) is 13.6. The van der Waals surface area contributed by atoms with E-state index in [1.807, 2.05) is 37.5 Å². The number of hydrogen-bond acceptors (Lipinski definition) is 3. The maximum absolute atomic E-state index is 12.6. The van der Waals surface area contributed by atoms with Gasteiger partial charge in [0.1, 0.15) is 11.8 Å². The molecule has 0 atom stereocenters. The van der Waals surface area contributed by atoms with Gasteiger partial charge in [0.2, 0.25) is 0 Å². The third-order valence-electron chi connectivity index (χ3n) is 4.53. The van der Waals surface area contributed by atoms with Crippen LogP contribution in [0.4, 0.5) is 19.3 Å². The predicted octanol–water partition coefficient (Wildman–Crippen LogP) is 5.33. The maximum Gasteiger partial charge on any atom is 0.387 e. The average Bonchev–Trinajstić information content (AvgIpc) is 3.00. The Balaban J connectivity index is 2.02. The normalized spacial score (nSPS) is 11.0. The molecule has 0 bridgehead atoms. The number of aryl methyl sites for hydroxylation is 1. The van der Waals surface area contributed by atoms with Gasteiger partial charge in [0, 0.05) is 29.7 Å². The fraction of sp³-hybridized carbons (Fsp3) is 0.273. The van der Waals surface area contributed by atoms with Crippen molar-refractivity contribution < 1.29 is 18.3 Å². The standard InChI is InChI=1S/C22H22F2N4O2/c1-4-28-19-11-16(30-21(23)24)9-10-17(19)18(12-25)20(28)14-5-7-15(8-6-14)27-22(29)26-13(2)3/h5-11,13,21H,4H2,1-3H3,(H2,26,27,29). The van der Waals surface area contributed by atoms with Crippen molar-refractivity contribution in [2.75, 3.05) is 5.32 Å². The van der Waals surface area contributed by atoms with Crippen molar-refractivity contribution >= 4 is 22.6 Å². The monoisotopic (exact) mass is 412 g/mol. The number of nitrogens with zero attached hydrogens (tertiary/aromatic N) is 2. The number of carbonyl (C=O) groups is 1. The molecule has 2 N–H and O–H groups in total. The van der Waals surface area contributed by atoms with Crippen LogP contribution in [0.15, 0.2) is 42.5 Å². The number of hydrogen-bond donors (Lipinski definition) is 2. The summed E-state index contributed by atoms with van der Waals surface area (Å²) in [6.45, 7) is 3.26. The molecule has 156 valence electrons. The number of urea groups is 1. The number of ether oxygens (including phenoxy) is 1. The molecule has 0 unspecified atom stereocenters. The summed E-state index contributed by atoms with van der Waals surface area (Å²) in [4.78, 5) is 11.9. The van der Waals surface area contributed by atoms with Crippen LogP contribution in [0.1, 0.15) is 26.3 Å². The number of alkyl halides is 2. The van der Waals surface area contributed by atoms with Crippen molar-refractivity contribution in [2.24, 2.45) is 0 Å². The first-order chi connectivity index (χ1) is 14.3. The lowest BCUT2D eigenvalue weighted by atomic mass is 10.1. The number of nitriles is 1. The molecule has 6 nitrogen and oxygen atoms in total. The minimum atomic E-state index is -2.92. The second-order valence-electron chi connectivity index (χ2n) is 6.97. The number of halogens is 2. The molecular formula is C22H22F2N4O2. The van der Waals surface area contributed by atoms with E-state index in [2.05, 4.69) is 21.4 Å². The van der Waals surface area contributed by atoms with Crippen LogP contribution in [0.25, 0.3) is 22.2 Å². The van der Waals surface area contributed by atoms with E-state index in [-0.39, 0.29) is 17.8 Å². The largest absolute Gasteiger partial charge is 0.435 e. The highest BCUT2D eigenvalue weighted by Crippen LogP contribution is 2.36. The minimum absolute atomic E-state index is 0.0154. The molecule has 2 aromatic carbocycles. The van der Waals surface area contributed by atoms with Gasteiger partial charge in [-0.2, -0.15) is 14.0 Å². The lowest BCUT2D eigenvalue weighted by Gasteiger charge is -2.12. The van der Waals surface area contributed by atoms with Gasteiger partial charge in [0.25, 0.3) is 0 Å². The number of fused-ring (bicyclic) bond motifs is 1.